The maximum Gasteiger partial charge on any atom is 0.0481 e. The molecule has 1 heterocycles. The summed E-state index contributed by atoms with van der Waals surface area (Å²) < 4.78 is 1.16. The highest BCUT2D eigenvalue weighted by atomic mass is 79.9. The third-order valence-corrected chi connectivity index (χ3v) is 4.20. The van der Waals surface area contributed by atoms with E-state index in [1.165, 1.54) is 17.0 Å². The molecule has 1 atom stereocenters. The van der Waals surface area contributed by atoms with Crippen LogP contribution in [0.1, 0.15) is 6.42 Å². The molecule has 0 fully saturated rings. The van der Waals surface area contributed by atoms with E-state index in [4.69, 9.17) is 0 Å². The third-order valence-electron chi connectivity index (χ3n) is 2.49. The largest absolute Gasteiger partial charge is 0.381 e. The van der Waals surface area contributed by atoms with Gasteiger partial charge in [-0.05, 0) is 38.2 Å². The van der Waals surface area contributed by atoms with E-state index >= 15 is 0 Å². The number of hydrogen-bond acceptors (Lipinski definition) is 3. The average Bonchev–Trinajstić information content (AvgIpc) is 2.26. The van der Waals surface area contributed by atoms with Crippen molar-refractivity contribution in [1.82, 2.24) is 5.32 Å². The normalized spacial score (nSPS) is 19.5. The predicted octanol–water partition coefficient (Wildman–Crippen LogP) is 2.94. The Morgan fingerprint density at radius 2 is 2.47 bits per heavy atom. The van der Waals surface area contributed by atoms with Crippen LogP contribution in [0.25, 0.3) is 0 Å². The summed E-state index contributed by atoms with van der Waals surface area (Å²) in [6, 6.07) is 7.02. The second kappa shape index (κ2) is 5.23. The first-order valence-electron chi connectivity index (χ1n) is 5.13. The molecule has 0 aliphatic carbocycles. The summed E-state index contributed by atoms with van der Waals surface area (Å²) in [5, 5.41) is 6.77. The highest BCUT2D eigenvalue weighted by Crippen LogP contribution is 2.35. The molecule has 0 aromatic heterocycles. The van der Waals surface area contributed by atoms with Crippen LogP contribution in [0.2, 0.25) is 0 Å². The summed E-state index contributed by atoms with van der Waals surface area (Å²) in [7, 11) is 2.00. The van der Waals surface area contributed by atoms with Gasteiger partial charge in [-0.25, -0.2) is 0 Å². The van der Waals surface area contributed by atoms with Crippen molar-refractivity contribution in [2.45, 2.75) is 17.4 Å². The SMILES string of the molecule is CNCCC1CSc2cc(Br)ccc2N1. The quantitative estimate of drug-likeness (QED) is 0.894. The number of hydrogen-bond donors (Lipinski definition) is 2. The van der Waals surface area contributed by atoms with E-state index in [-0.39, 0.29) is 0 Å². The van der Waals surface area contributed by atoms with E-state index in [0.717, 1.165) is 16.8 Å². The summed E-state index contributed by atoms with van der Waals surface area (Å²) in [5.41, 5.74) is 1.27. The maximum atomic E-state index is 3.58. The van der Waals surface area contributed by atoms with Crippen LogP contribution >= 0.6 is 27.7 Å². The molecule has 1 aliphatic rings. The first kappa shape index (κ1) is 11.3. The van der Waals surface area contributed by atoms with Crippen LogP contribution in [0.3, 0.4) is 0 Å². The van der Waals surface area contributed by atoms with Gasteiger partial charge >= 0.3 is 0 Å². The first-order chi connectivity index (χ1) is 7.29. The fraction of sp³-hybridized carbons (Fsp3) is 0.455. The lowest BCUT2D eigenvalue weighted by Crippen LogP contribution is -2.29. The molecule has 2 nitrogen and oxygen atoms in total. The van der Waals surface area contributed by atoms with Crippen molar-refractivity contribution in [3.63, 3.8) is 0 Å². The zero-order chi connectivity index (χ0) is 10.7. The standard InChI is InChI=1S/C11H15BrN2S/c1-13-5-4-9-7-15-11-6-8(12)2-3-10(11)14-9/h2-3,6,9,13-14H,4-5,7H2,1H3. The van der Waals surface area contributed by atoms with Crippen molar-refractivity contribution >= 4 is 33.4 Å². The summed E-state index contributed by atoms with van der Waals surface area (Å²) in [6.07, 6.45) is 1.18. The van der Waals surface area contributed by atoms with Crippen LogP contribution in [0.4, 0.5) is 5.69 Å². The van der Waals surface area contributed by atoms with Gasteiger partial charge < -0.3 is 10.6 Å². The van der Waals surface area contributed by atoms with Crippen LogP contribution in [0.5, 0.6) is 0 Å². The van der Waals surface area contributed by atoms with Gasteiger partial charge in [0, 0.05) is 26.9 Å². The van der Waals surface area contributed by atoms with E-state index < -0.39 is 0 Å². The topological polar surface area (TPSA) is 24.1 Å². The smallest absolute Gasteiger partial charge is 0.0481 e. The molecule has 2 N–H and O–H groups in total. The number of nitrogens with one attached hydrogen (secondary N) is 2. The molecule has 15 heavy (non-hydrogen) atoms. The fourth-order valence-corrected chi connectivity index (χ4v) is 3.30. The van der Waals surface area contributed by atoms with E-state index in [1.807, 2.05) is 18.8 Å². The minimum Gasteiger partial charge on any atom is -0.381 e. The molecular formula is C11H15BrN2S. The molecule has 1 unspecified atom stereocenters. The molecular weight excluding hydrogens is 272 g/mol. The summed E-state index contributed by atoms with van der Waals surface area (Å²) >= 11 is 5.44. The van der Waals surface area contributed by atoms with Gasteiger partial charge in [-0.1, -0.05) is 15.9 Å². The number of benzene rings is 1. The second-order valence-electron chi connectivity index (χ2n) is 3.68. The highest BCUT2D eigenvalue weighted by Gasteiger charge is 2.17. The lowest BCUT2D eigenvalue weighted by Gasteiger charge is -2.26. The molecule has 1 aromatic rings. The Labute approximate surface area is 103 Å². The van der Waals surface area contributed by atoms with Gasteiger partial charge in [-0.3, -0.25) is 0 Å². The van der Waals surface area contributed by atoms with Gasteiger partial charge in [0.2, 0.25) is 0 Å². The number of rotatable bonds is 3. The van der Waals surface area contributed by atoms with Gasteiger partial charge in [-0.2, -0.15) is 0 Å². The van der Waals surface area contributed by atoms with Gasteiger partial charge in [-0.15, -0.1) is 11.8 Å². The van der Waals surface area contributed by atoms with Gasteiger partial charge in [0.15, 0.2) is 0 Å². The molecule has 82 valence electrons. The number of fused-ring (bicyclic) bond motifs is 1. The van der Waals surface area contributed by atoms with E-state index in [1.54, 1.807) is 0 Å². The average molecular weight is 287 g/mol. The van der Waals surface area contributed by atoms with Crippen LogP contribution in [-0.2, 0) is 0 Å². The van der Waals surface area contributed by atoms with Crippen molar-refractivity contribution in [3.8, 4) is 0 Å². The molecule has 1 aromatic carbocycles. The van der Waals surface area contributed by atoms with Crippen LogP contribution < -0.4 is 10.6 Å². The zero-order valence-electron chi connectivity index (χ0n) is 8.72. The predicted molar refractivity (Wildman–Crippen MR) is 70.8 cm³/mol. The molecule has 0 amide bonds. The lowest BCUT2D eigenvalue weighted by atomic mass is 10.2. The minimum atomic E-state index is 0.594. The van der Waals surface area contributed by atoms with Crippen LogP contribution in [0.15, 0.2) is 27.6 Å². The Kier molecular flexibility index (Phi) is 3.94. The molecule has 0 bridgehead atoms. The second-order valence-corrected chi connectivity index (χ2v) is 5.66. The van der Waals surface area contributed by atoms with Crippen molar-refractivity contribution in [2.75, 3.05) is 24.7 Å². The Hall–Kier alpha value is -0.190. The van der Waals surface area contributed by atoms with Crippen LogP contribution in [-0.4, -0.2) is 25.4 Å². The summed E-state index contributed by atoms with van der Waals surface area (Å²) in [6.45, 7) is 1.07. The van der Waals surface area contributed by atoms with Crippen LogP contribution in [0, 0.1) is 0 Å². The number of halogens is 1. The molecule has 0 saturated heterocycles. The zero-order valence-corrected chi connectivity index (χ0v) is 11.1. The molecule has 0 saturated carbocycles. The Morgan fingerprint density at radius 1 is 1.60 bits per heavy atom. The van der Waals surface area contributed by atoms with Crippen molar-refractivity contribution in [1.29, 1.82) is 0 Å². The maximum absolute atomic E-state index is 3.58. The van der Waals surface area contributed by atoms with Gasteiger partial charge in [0.25, 0.3) is 0 Å². The van der Waals surface area contributed by atoms with E-state index in [0.29, 0.717) is 6.04 Å². The van der Waals surface area contributed by atoms with E-state index in [2.05, 4.69) is 44.8 Å². The third kappa shape index (κ3) is 2.89. The van der Waals surface area contributed by atoms with Gasteiger partial charge in [0.1, 0.15) is 0 Å². The highest BCUT2D eigenvalue weighted by molar-refractivity contribution is 9.10. The molecule has 2 rings (SSSR count). The van der Waals surface area contributed by atoms with Gasteiger partial charge in [0.05, 0.1) is 0 Å². The fourth-order valence-electron chi connectivity index (χ4n) is 1.66. The minimum absolute atomic E-state index is 0.594. The number of anilines is 1. The molecule has 0 spiro atoms. The Bertz CT molecular complexity index is 343. The van der Waals surface area contributed by atoms with Crippen molar-refractivity contribution in [2.24, 2.45) is 0 Å². The monoisotopic (exact) mass is 286 g/mol. The Balaban J connectivity index is 2.03. The molecule has 0 radical (unpaired) electrons. The summed E-state index contributed by atoms with van der Waals surface area (Å²) in [4.78, 5) is 1.35. The first-order valence-corrected chi connectivity index (χ1v) is 6.91. The molecule has 4 heteroatoms. The summed E-state index contributed by atoms with van der Waals surface area (Å²) in [5.74, 6) is 1.16. The van der Waals surface area contributed by atoms with E-state index in [9.17, 15) is 0 Å². The number of thioether (sulfide) groups is 1. The Morgan fingerprint density at radius 3 is 3.27 bits per heavy atom. The van der Waals surface area contributed by atoms with Crippen molar-refractivity contribution in [3.05, 3.63) is 22.7 Å². The lowest BCUT2D eigenvalue weighted by molar-refractivity contribution is 0.658. The molecule has 1 aliphatic heterocycles. The van der Waals surface area contributed by atoms with Crippen molar-refractivity contribution < 1.29 is 0 Å².